The number of nitrogens with one attached hydrogen (secondary N) is 1. The van der Waals surface area contributed by atoms with Gasteiger partial charge in [-0.25, -0.2) is 0 Å². The van der Waals surface area contributed by atoms with Gasteiger partial charge in [-0.1, -0.05) is 57.2 Å². The van der Waals surface area contributed by atoms with Crippen molar-refractivity contribution in [2.75, 3.05) is 0 Å². The Kier molecular flexibility index (Phi) is 3.13. The van der Waals surface area contributed by atoms with Crippen LogP contribution in [0.4, 0.5) is 0 Å². The number of H-pyrrole nitrogens is 1. The molecule has 3 aromatic rings. The first-order chi connectivity index (χ1) is 9.60. The second kappa shape index (κ2) is 4.82. The molecule has 0 atom stereocenters. The number of aromatic amines is 1. The SMILES string of the molecule is CCC(C)(C)c1ccc2[nH]c(-c3ccccc3)cc2c1. The third-order valence-electron chi connectivity index (χ3n) is 4.37. The molecule has 20 heavy (non-hydrogen) atoms. The molecule has 0 unspecified atom stereocenters. The molecule has 1 N–H and O–H groups in total. The van der Waals surface area contributed by atoms with Gasteiger partial charge in [0.2, 0.25) is 0 Å². The Morgan fingerprint density at radius 3 is 2.40 bits per heavy atom. The largest absolute Gasteiger partial charge is 0.355 e. The van der Waals surface area contributed by atoms with Crippen LogP contribution in [0.3, 0.4) is 0 Å². The van der Waals surface area contributed by atoms with E-state index in [1.54, 1.807) is 0 Å². The minimum Gasteiger partial charge on any atom is -0.355 e. The van der Waals surface area contributed by atoms with Gasteiger partial charge in [-0.15, -0.1) is 0 Å². The smallest absolute Gasteiger partial charge is 0.0464 e. The lowest BCUT2D eigenvalue weighted by Gasteiger charge is -2.23. The maximum Gasteiger partial charge on any atom is 0.0464 e. The van der Waals surface area contributed by atoms with Crippen LogP contribution in [0.1, 0.15) is 32.8 Å². The third-order valence-corrected chi connectivity index (χ3v) is 4.37. The van der Waals surface area contributed by atoms with E-state index in [0.29, 0.717) is 0 Å². The summed E-state index contributed by atoms with van der Waals surface area (Å²) < 4.78 is 0. The third kappa shape index (κ3) is 2.24. The summed E-state index contributed by atoms with van der Waals surface area (Å²) in [7, 11) is 0. The van der Waals surface area contributed by atoms with E-state index in [4.69, 9.17) is 0 Å². The maximum atomic E-state index is 3.51. The number of aromatic nitrogens is 1. The molecule has 0 fully saturated rings. The highest BCUT2D eigenvalue weighted by Gasteiger charge is 2.18. The van der Waals surface area contributed by atoms with Gasteiger partial charge in [0.15, 0.2) is 0 Å². The molecule has 0 aliphatic heterocycles. The first kappa shape index (κ1) is 13.0. The minimum atomic E-state index is 0.234. The molecule has 2 aromatic carbocycles. The van der Waals surface area contributed by atoms with Gasteiger partial charge in [0.25, 0.3) is 0 Å². The molecule has 0 bridgehead atoms. The molecule has 1 nitrogen and oxygen atoms in total. The van der Waals surface area contributed by atoms with Crippen LogP contribution in [0, 0.1) is 0 Å². The van der Waals surface area contributed by atoms with E-state index in [1.807, 2.05) is 6.07 Å². The zero-order chi connectivity index (χ0) is 14.2. The summed E-state index contributed by atoms with van der Waals surface area (Å²) in [5.41, 5.74) is 5.27. The van der Waals surface area contributed by atoms with Crippen molar-refractivity contribution in [3.05, 3.63) is 60.2 Å². The summed E-state index contributed by atoms with van der Waals surface area (Å²) in [6.45, 7) is 6.86. The van der Waals surface area contributed by atoms with Crippen LogP contribution in [0.5, 0.6) is 0 Å². The van der Waals surface area contributed by atoms with Crippen LogP contribution in [0.2, 0.25) is 0 Å². The van der Waals surface area contributed by atoms with Crippen LogP contribution in [0.25, 0.3) is 22.2 Å². The standard InChI is InChI=1S/C19H21N/c1-4-19(2,3)16-10-11-17-15(12-16)13-18(20-17)14-8-6-5-7-9-14/h5-13,20H,4H2,1-3H3. The highest BCUT2D eigenvalue weighted by atomic mass is 14.7. The van der Waals surface area contributed by atoms with Crippen molar-refractivity contribution in [1.29, 1.82) is 0 Å². The fourth-order valence-electron chi connectivity index (χ4n) is 2.53. The second-order valence-corrected chi connectivity index (χ2v) is 6.09. The molecule has 0 amide bonds. The van der Waals surface area contributed by atoms with E-state index < -0.39 is 0 Å². The van der Waals surface area contributed by atoms with Crippen molar-refractivity contribution in [3.8, 4) is 11.3 Å². The molecule has 1 heterocycles. The van der Waals surface area contributed by atoms with Crippen molar-refractivity contribution in [1.82, 2.24) is 4.98 Å². The van der Waals surface area contributed by atoms with Crippen LogP contribution < -0.4 is 0 Å². The Balaban J connectivity index is 2.09. The maximum absolute atomic E-state index is 3.51. The van der Waals surface area contributed by atoms with Crippen LogP contribution in [0.15, 0.2) is 54.6 Å². The van der Waals surface area contributed by atoms with E-state index in [-0.39, 0.29) is 5.41 Å². The topological polar surface area (TPSA) is 15.8 Å². The summed E-state index contributed by atoms with van der Waals surface area (Å²) in [5.74, 6) is 0. The van der Waals surface area contributed by atoms with Crippen LogP contribution in [-0.2, 0) is 5.41 Å². The molecule has 0 aliphatic rings. The Hall–Kier alpha value is -2.02. The summed E-state index contributed by atoms with van der Waals surface area (Å²) in [5, 5.41) is 1.29. The van der Waals surface area contributed by atoms with Gasteiger partial charge in [0.05, 0.1) is 0 Å². The highest BCUT2D eigenvalue weighted by Crippen LogP contribution is 2.31. The number of fused-ring (bicyclic) bond motifs is 1. The molecule has 0 spiro atoms. The second-order valence-electron chi connectivity index (χ2n) is 6.09. The number of benzene rings is 2. The van der Waals surface area contributed by atoms with Crippen molar-refractivity contribution in [3.63, 3.8) is 0 Å². The fourth-order valence-corrected chi connectivity index (χ4v) is 2.53. The monoisotopic (exact) mass is 263 g/mol. The fraction of sp³-hybridized carbons (Fsp3) is 0.263. The zero-order valence-corrected chi connectivity index (χ0v) is 12.4. The summed E-state index contributed by atoms with van der Waals surface area (Å²) >= 11 is 0. The first-order valence-electron chi connectivity index (χ1n) is 7.29. The molecular weight excluding hydrogens is 242 g/mol. The van der Waals surface area contributed by atoms with Gasteiger partial charge in [-0.05, 0) is 41.2 Å². The molecule has 0 saturated carbocycles. The van der Waals surface area contributed by atoms with Crippen LogP contribution >= 0.6 is 0 Å². The summed E-state index contributed by atoms with van der Waals surface area (Å²) in [4.78, 5) is 3.51. The highest BCUT2D eigenvalue weighted by molar-refractivity contribution is 5.86. The van der Waals surface area contributed by atoms with Gasteiger partial charge < -0.3 is 4.98 Å². The van der Waals surface area contributed by atoms with E-state index in [1.165, 1.54) is 27.7 Å². The molecular formula is C19H21N. The van der Waals surface area contributed by atoms with Crippen molar-refractivity contribution >= 4 is 10.9 Å². The normalized spacial score (nSPS) is 11.9. The molecule has 102 valence electrons. The van der Waals surface area contributed by atoms with Crippen molar-refractivity contribution in [2.24, 2.45) is 0 Å². The lowest BCUT2D eigenvalue weighted by molar-refractivity contribution is 0.507. The average Bonchev–Trinajstić information content (AvgIpc) is 2.91. The minimum absolute atomic E-state index is 0.234. The lowest BCUT2D eigenvalue weighted by atomic mass is 9.82. The summed E-state index contributed by atoms with van der Waals surface area (Å²) in [6.07, 6.45) is 1.15. The Labute approximate surface area is 120 Å². The molecule has 0 radical (unpaired) electrons. The Morgan fingerprint density at radius 2 is 1.70 bits per heavy atom. The number of rotatable bonds is 3. The molecule has 1 heteroatoms. The predicted molar refractivity (Wildman–Crippen MR) is 87.1 cm³/mol. The van der Waals surface area contributed by atoms with Gasteiger partial charge >= 0.3 is 0 Å². The lowest BCUT2D eigenvalue weighted by Crippen LogP contribution is -2.14. The molecule has 3 rings (SSSR count). The molecule has 1 aromatic heterocycles. The van der Waals surface area contributed by atoms with Crippen LogP contribution in [-0.4, -0.2) is 4.98 Å². The summed E-state index contributed by atoms with van der Waals surface area (Å²) in [6, 6.07) is 19.5. The number of hydrogen-bond acceptors (Lipinski definition) is 0. The van der Waals surface area contributed by atoms with E-state index in [0.717, 1.165) is 6.42 Å². The Bertz CT molecular complexity index is 720. The molecule has 0 aliphatic carbocycles. The van der Waals surface area contributed by atoms with Gasteiger partial charge in [-0.2, -0.15) is 0 Å². The van der Waals surface area contributed by atoms with E-state index >= 15 is 0 Å². The van der Waals surface area contributed by atoms with Crippen molar-refractivity contribution in [2.45, 2.75) is 32.6 Å². The van der Waals surface area contributed by atoms with Gasteiger partial charge in [0.1, 0.15) is 0 Å². The van der Waals surface area contributed by atoms with E-state index in [2.05, 4.69) is 74.3 Å². The zero-order valence-electron chi connectivity index (χ0n) is 12.4. The van der Waals surface area contributed by atoms with E-state index in [9.17, 15) is 0 Å². The average molecular weight is 263 g/mol. The van der Waals surface area contributed by atoms with Crippen molar-refractivity contribution < 1.29 is 0 Å². The Morgan fingerprint density at radius 1 is 0.950 bits per heavy atom. The quantitative estimate of drug-likeness (QED) is 0.640. The van der Waals surface area contributed by atoms with Gasteiger partial charge in [-0.3, -0.25) is 0 Å². The first-order valence-corrected chi connectivity index (χ1v) is 7.29. The number of hydrogen-bond donors (Lipinski definition) is 1. The molecule has 0 saturated heterocycles. The predicted octanol–water partition coefficient (Wildman–Crippen LogP) is 5.52. The van der Waals surface area contributed by atoms with Gasteiger partial charge in [0, 0.05) is 16.6 Å².